The second-order valence-electron chi connectivity index (χ2n) is 4.91. The van der Waals surface area contributed by atoms with Gasteiger partial charge in [-0.3, -0.25) is 9.67 Å². The molecule has 1 aromatic carbocycles. The molecule has 1 N–H and O–H groups in total. The van der Waals surface area contributed by atoms with Crippen molar-refractivity contribution in [2.24, 2.45) is 12.0 Å². The molecule has 1 aromatic heterocycles. The van der Waals surface area contributed by atoms with Gasteiger partial charge in [-0.1, -0.05) is 23.7 Å². The van der Waals surface area contributed by atoms with Crippen molar-refractivity contribution in [3.8, 4) is 0 Å². The second-order valence-corrected chi connectivity index (χ2v) is 5.34. The highest BCUT2D eigenvalue weighted by Crippen LogP contribution is 2.11. The van der Waals surface area contributed by atoms with Crippen molar-refractivity contribution in [2.75, 3.05) is 14.1 Å². The zero-order valence-electron chi connectivity index (χ0n) is 12.5. The number of rotatable bonds is 4. The molecule has 0 saturated heterocycles. The van der Waals surface area contributed by atoms with E-state index >= 15 is 0 Å². The molecule has 0 spiro atoms. The zero-order chi connectivity index (χ0) is 15.2. The molecule has 0 saturated carbocycles. The van der Waals surface area contributed by atoms with Gasteiger partial charge in [-0.15, -0.1) is 0 Å². The molecular weight excluding hydrogens is 286 g/mol. The van der Waals surface area contributed by atoms with Crippen LogP contribution in [-0.4, -0.2) is 34.7 Å². The van der Waals surface area contributed by atoms with Crippen molar-refractivity contribution >= 4 is 17.6 Å². The average molecular weight is 306 g/mol. The molecular formula is C15H20ClN5. The molecule has 5 nitrogen and oxygen atoms in total. The Morgan fingerprint density at radius 1 is 1.33 bits per heavy atom. The Morgan fingerprint density at radius 3 is 2.62 bits per heavy atom. The lowest BCUT2D eigenvalue weighted by Gasteiger charge is -2.22. The van der Waals surface area contributed by atoms with Gasteiger partial charge >= 0.3 is 0 Å². The predicted molar refractivity (Wildman–Crippen MR) is 86.3 cm³/mol. The first-order valence-corrected chi connectivity index (χ1v) is 7.10. The summed E-state index contributed by atoms with van der Waals surface area (Å²) in [7, 11) is 5.70. The number of benzene rings is 1. The Balaban J connectivity index is 1.92. The van der Waals surface area contributed by atoms with Crippen molar-refractivity contribution < 1.29 is 0 Å². The summed E-state index contributed by atoms with van der Waals surface area (Å²) in [5.74, 6) is 0.841. The predicted octanol–water partition coefficient (Wildman–Crippen LogP) is 2.28. The number of aromatic nitrogens is 2. The number of aliphatic imine (C=N–C) groups is 1. The van der Waals surface area contributed by atoms with E-state index in [4.69, 9.17) is 11.6 Å². The number of nitrogens with one attached hydrogen (secondary N) is 1. The van der Waals surface area contributed by atoms with Crippen LogP contribution in [-0.2, 0) is 20.1 Å². The maximum Gasteiger partial charge on any atom is 0.193 e. The highest BCUT2D eigenvalue weighted by atomic mass is 35.5. The first-order valence-electron chi connectivity index (χ1n) is 6.72. The van der Waals surface area contributed by atoms with E-state index in [-0.39, 0.29) is 0 Å². The van der Waals surface area contributed by atoms with Gasteiger partial charge in [0.1, 0.15) is 0 Å². The third-order valence-electron chi connectivity index (χ3n) is 3.12. The van der Waals surface area contributed by atoms with Gasteiger partial charge in [-0.25, -0.2) is 0 Å². The number of hydrogen-bond acceptors (Lipinski definition) is 2. The normalized spacial score (nSPS) is 11.5. The Labute approximate surface area is 130 Å². The highest BCUT2D eigenvalue weighted by Gasteiger charge is 2.07. The zero-order valence-corrected chi connectivity index (χ0v) is 13.3. The summed E-state index contributed by atoms with van der Waals surface area (Å²) in [6.45, 7) is 1.47. The van der Waals surface area contributed by atoms with Gasteiger partial charge in [0.25, 0.3) is 0 Å². The first-order chi connectivity index (χ1) is 10.1. The second kappa shape index (κ2) is 7.13. The van der Waals surface area contributed by atoms with Crippen LogP contribution in [0.2, 0.25) is 5.02 Å². The molecule has 0 unspecified atom stereocenters. The van der Waals surface area contributed by atoms with Crippen molar-refractivity contribution in [1.29, 1.82) is 0 Å². The lowest BCUT2D eigenvalue weighted by molar-refractivity contribution is 0.476. The number of hydrogen-bond donors (Lipinski definition) is 1. The van der Waals surface area contributed by atoms with Gasteiger partial charge < -0.3 is 10.2 Å². The summed E-state index contributed by atoms with van der Waals surface area (Å²) in [6, 6.07) is 7.84. The van der Waals surface area contributed by atoms with E-state index in [2.05, 4.69) is 20.3 Å². The lowest BCUT2D eigenvalue weighted by atomic mass is 10.2. The topological polar surface area (TPSA) is 45.5 Å². The molecule has 1 heterocycles. The fraction of sp³-hybridized carbons (Fsp3) is 0.333. The molecule has 2 rings (SSSR count). The molecule has 0 radical (unpaired) electrons. The quantitative estimate of drug-likeness (QED) is 0.696. The van der Waals surface area contributed by atoms with Crippen LogP contribution in [0.3, 0.4) is 0 Å². The molecule has 0 bridgehead atoms. The fourth-order valence-corrected chi connectivity index (χ4v) is 2.19. The summed E-state index contributed by atoms with van der Waals surface area (Å²) >= 11 is 5.90. The Bertz CT molecular complexity index is 603. The minimum absolute atomic E-state index is 0.700. The van der Waals surface area contributed by atoms with Crippen LogP contribution < -0.4 is 5.32 Å². The summed E-state index contributed by atoms with van der Waals surface area (Å²) in [5.41, 5.74) is 2.31. The number of guanidine groups is 1. The Hall–Kier alpha value is -2.01. The molecule has 112 valence electrons. The van der Waals surface area contributed by atoms with Crippen molar-refractivity contribution in [3.63, 3.8) is 0 Å². The third-order valence-corrected chi connectivity index (χ3v) is 3.37. The highest BCUT2D eigenvalue weighted by molar-refractivity contribution is 6.30. The Kier molecular flexibility index (Phi) is 5.22. The standard InChI is InChI=1S/C15H20ClN5/c1-17-15(18-8-13-9-19-21(3)11-13)20(2)10-12-4-6-14(16)7-5-12/h4-7,9,11H,8,10H2,1-3H3,(H,17,18). The molecule has 0 aliphatic heterocycles. The van der Waals surface area contributed by atoms with E-state index in [1.807, 2.05) is 50.8 Å². The van der Waals surface area contributed by atoms with E-state index < -0.39 is 0 Å². The van der Waals surface area contributed by atoms with Crippen LogP contribution in [0.4, 0.5) is 0 Å². The SMILES string of the molecule is CN=C(NCc1cnn(C)c1)N(C)Cc1ccc(Cl)cc1. The van der Waals surface area contributed by atoms with Crippen LogP contribution >= 0.6 is 11.6 Å². The largest absolute Gasteiger partial charge is 0.352 e. The Morgan fingerprint density at radius 2 is 2.05 bits per heavy atom. The van der Waals surface area contributed by atoms with Crippen molar-refractivity contribution in [2.45, 2.75) is 13.1 Å². The molecule has 0 amide bonds. The van der Waals surface area contributed by atoms with Crippen molar-refractivity contribution in [3.05, 3.63) is 52.8 Å². The van der Waals surface area contributed by atoms with E-state index in [1.54, 1.807) is 11.7 Å². The van der Waals surface area contributed by atoms with Gasteiger partial charge in [0, 0.05) is 51.0 Å². The van der Waals surface area contributed by atoms with E-state index in [1.165, 1.54) is 5.56 Å². The monoisotopic (exact) mass is 305 g/mol. The fourth-order valence-electron chi connectivity index (χ4n) is 2.07. The van der Waals surface area contributed by atoms with Crippen molar-refractivity contribution in [1.82, 2.24) is 20.0 Å². The minimum Gasteiger partial charge on any atom is -0.352 e. The first kappa shape index (κ1) is 15.4. The summed E-state index contributed by atoms with van der Waals surface area (Å²) in [4.78, 5) is 6.37. The maximum absolute atomic E-state index is 5.90. The van der Waals surface area contributed by atoms with E-state index in [0.717, 1.165) is 23.1 Å². The van der Waals surface area contributed by atoms with Gasteiger partial charge in [-0.2, -0.15) is 5.10 Å². The van der Waals surface area contributed by atoms with Crippen LogP contribution in [0.25, 0.3) is 0 Å². The van der Waals surface area contributed by atoms with Crippen LogP contribution in [0.15, 0.2) is 41.7 Å². The smallest absolute Gasteiger partial charge is 0.193 e. The van der Waals surface area contributed by atoms with Crippen LogP contribution in [0, 0.1) is 0 Å². The summed E-state index contributed by atoms with van der Waals surface area (Å²) in [6.07, 6.45) is 3.83. The number of halogens is 1. The molecule has 0 atom stereocenters. The molecule has 21 heavy (non-hydrogen) atoms. The molecule has 6 heteroatoms. The van der Waals surface area contributed by atoms with Crippen LogP contribution in [0.1, 0.15) is 11.1 Å². The molecule has 0 fully saturated rings. The maximum atomic E-state index is 5.90. The van der Waals surface area contributed by atoms with Gasteiger partial charge in [0.2, 0.25) is 0 Å². The molecule has 2 aromatic rings. The minimum atomic E-state index is 0.700. The average Bonchev–Trinajstić information content (AvgIpc) is 2.88. The third kappa shape index (κ3) is 4.49. The molecule has 0 aliphatic carbocycles. The van der Waals surface area contributed by atoms with E-state index in [9.17, 15) is 0 Å². The van der Waals surface area contributed by atoms with Crippen LogP contribution in [0.5, 0.6) is 0 Å². The van der Waals surface area contributed by atoms with Gasteiger partial charge in [0.15, 0.2) is 5.96 Å². The number of aryl methyl sites for hydroxylation is 1. The lowest BCUT2D eigenvalue weighted by Crippen LogP contribution is -2.37. The molecule has 0 aliphatic rings. The van der Waals surface area contributed by atoms with Gasteiger partial charge in [0.05, 0.1) is 6.20 Å². The summed E-state index contributed by atoms with van der Waals surface area (Å²) < 4.78 is 1.79. The van der Waals surface area contributed by atoms with Gasteiger partial charge in [-0.05, 0) is 17.7 Å². The van der Waals surface area contributed by atoms with E-state index in [0.29, 0.717) is 6.54 Å². The number of nitrogens with zero attached hydrogens (tertiary/aromatic N) is 4. The summed E-state index contributed by atoms with van der Waals surface area (Å²) in [5, 5.41) is 8.23.